The van der Waals surface area contributed by atoms with Crippen molar-refractivity contribution in [1.29, 1.82) is 10.7 Å². The molecular formula is C19H13ClN6O2. The molecule has 28 heavy (non-hydrogen) atoms. The predicted molar refractivity (Wildman–Crippen MR) is 108 cm³/mol. The van der Waals surface area contributed by atoms with Crippen molar-refractivity contribution in [2.45, 2.75) is 0 Å². The maximum absolute atomic E-state index is 11.7. The predicted octanol–water partition coefficient (Wildman–Crippen LogP) is 3.48. The lowest BCUT2D eigenvalue weighted by atomic mass is 10.0. The molecule has 0 spiro atoms. The van der Waals surface area contributed by atoms with Gasteiger partial charge in [0.1, 0.15) is 6.07 Å². The van der Waals surface area contributed by atoms with E-state index in [9.17, 15) is 9.90 Å². The summed E-state index contributed by atoms with van der Waals surface area (Å²) in [5.74, 6) is -1.54. The van der Waals surface area contributed by atoms with E-state index in [1.165, 1.54) is 6.07 Å². The van der Waals surface area contributed by atoms with Crippen LogP contribution in [0.25, 0.3) is 22.2 Å². The van der Waals surface area contributed by atoms with E-state index in [0.717, 1.165) is 0 Å². The molecule has 0 radical (unpaired) electrons. The van der Waals surface area contributed by atoms with Crippen LogP contribution >= 0.6 is 11.6 Å². The normalized spacial score (nSPS) is 11.1. The Bertz CT molecular complexity index is 1180. The van der Waals surface area contributed by atoms with Crippen molar-refractivity contribution in [3.8, 4) is 17.3 Å². The molecule has 2 aromatic carbocycles. The van der Waals surface area contributed by atoms with Crippen LogP contribution in [0.2, 0.25) is 5.02 Å². The molecule has 9 heteroatoms. The van der Waals surface area contributed by atoms with E-state index in [0.29, 0.717) is 32.9 Å². The number of halogens is 1. The molecule has 0 aliphatic carbocycles. The third kappa shape index (κ3) is 3.90. The Hall–Kier alpha value is -3.96. The molecule has 0 amide bonds. The molecule has 3 aromatic rings. The van der Waals surface area contributed by atoms with Gasteiger partial charge in [0.05, 0.1) is 22.5 Å². The van der Waals surface area contributed by atoms with Gasteiger partial charge in [-0.05, 0) is 36.4 Å². The second-order valence-electron chi connectivity index (χ2n) is 5.70. The zero-order valence-corrected chi connectivity index (χ0v) is 15.0. The van der Waals surface area contributed by atoms with E-state index in [2.05, 4.69) is 15.5 Å². The monoisotopic (exact) mass is 392 g/mol. The largest absolute Gasteiger partial charge is 0.478 e. The lowest BCUT2D eigenvalue weighted by molar-refractivity contribution is 0.0699. The number of hydrogen-bond donors (Lipinski definition) is 4. The summed E-state index contributed by atoms with van der Waals surface area (Å²) in [7, 11) is 0. The Balaban J connectivity index is 2.06. The number of hydrazone groups is 1. The Morgan fingerprint density at radius 2 is 2.07 bits per heavy atom. The molecule has 138 valence electrons. The van der Waals surface area contributed by atoms with Crippen LogP contribution in [0.3, 0.4) is 0 Å². The number of nitrogens with zero attached hydrogens (tertiary/aromatic N) is 3. The highest BCUT2D eigenvalue weighted by atomic mass is 35.5. The first kappa shape index (κ1) is 18.8. The van der Waals surface area contributed by atoms with Gasteiger partial charge in [0, 0.05) is 16.0 Å². The van der Waals surface area contributed by atoms with Gasteiger partial charge in [0.15, 0.2) is 5.84 Å². The SMILES string of the molecule is N#C/C(=N\Nc1cccc(-c2cc(C(=O)O)c3cc(Cl)ccc3n2)c1)C(=N)N. The number of aromatic carboxylic acids is 1. The number of benzene rings is 2. The van der Waals surface area contributed by atoms with Gasteiger partial charge in [-0.1, -0.05) is 23.7 Å². The van der Waals surface area contributed by atoms with Gasteiger partial charge in [0.2, 0.25) is 5.71 Å². The quantitative estimate of drug-likeness (QED) is 0.296. The highest BCUT2D eigenvalue weighted by Gasteiger charge is 2.14. The molecule has 0 unspecified atom stereocenters. The fourth-order valence-electron chi connectivity index (χ4n) is 2.54. The van der Waals surface area contributed by atoms with Crippen LogP contribution < -0.4 is 11.2 Å². The number of carboxylic acids is 1. The first-order chi connectivity index (χ1) is 13.4. The van der Waals surface area contributed by atoms with Gasteiger partial charge < -0.3 is 10.8 Å². The van der Waals surface area contributed by atoms with E-state index in [-0.39, 0.29) is 11.3 Å². The summed E-state index contributed by atoms with van der Waals surface area (Å²) in [6.07, 6.45) is 0. The van der Waals surface area contributed by atoms with Crippen LogP contribution in [0.1, 0.15) is 10.4 Å². The number of carbonyl (C=O) groups is 1. The number of fused-ring (bicyclic) bond motifs is 1. The molecule has 0 fully saturated rings. The highest BCUT2D eigenvalue weighted by molar-refractivity contribution is 6.45. The summed E-state index contributed by atoms with van der Waals surface area (Å²) in [5.41, 5.74) is 9.85. The molecule has 1 heterocycles. The van der Waals surface area contributed by atoms with Gasteiger partial charge in [0.25, 0.3) is 0 Å². The third-order valence-electron chi connectivity index (χ3n) is 3.82. The van der Waals surface area contributed by atoms with Crippen molar-refractivity contribution in [2.24, 2.45) is 10.8 Å². The van der Waals surface area contributed by atoms with Crippen LogP contribution in [-0.2, 0) is 0 Å². The average Bonchev–Trinajstić information content (AvgIpc) is 2.67. The van der Waals surface area contributed by atoms with E-state index in [4.69, 9.17) is 28.0 Å². The van der Waals surface area contributed by atoms with Crippen molar-refractivity contribution in [2.75, 3.05) is 5.43 Å². The van der Waals surface area contributed by atoms with E-state index in [1.807, 2.05) is 0 Å². The molecule has 3 rings (SSSR count). The van der Waals surface area contributed by atoms with Crippen LogP contribution in [-0.4, -0.2) is 27.6 Å². The minimum atomic E-state index is -1.09. The number of rotatable bonds is 5. The molecule has 0 bridgehead atoms. The summed E-state index contributed by atoms with van der Waals surface area (Å²) in [6, 6.07) is 14.9. The summed E-state index contributed by atoms with van der Waals surface area (Å²) < 4.78 is 0. The Morgan fingerprint density at radius 3 is 2.75 bits per heavy atom. The molecule has 0 aliphatic heterocycles. The minimum Gasteiger partial charge on any atom is -0.478 e. The topological polar surface area (TPSA) is 148 Å². The lowest BCUT2D eigenvalue weighted by Gasteiger charge is -2.09. The second-order valence-corrected chi connectivity index (χ2v) is 6.14. The molecule has 0 saturated carbocycles. The van der Waals surface area contributed by atoms with Gasteiger partial charge in [-0.2, -0.15) is 10.4 Å². The highest BCUT2D eigenvalue weighted by Crippen LogP contribution is 2.28. The summed E-state index contributed by atoms with van der Waals surface area (Å²) >= 11 is 5.98. The fraction of sp³-hybridized carbons (Fsp3) is 0. The molecule has 0 aliphatic rings. The van der Waals surface area contributed by atoms with Crippen molar-refractivity contribution < 1.29 is 9.90 Å². The van der Waals surface area contributed by atoms with Gasteiger partial charge in [-0.3, -0.25) is 10.8 Å². The number of amidine groups is 1. The lowest BCUT2D eigenvalue weighted by Crippen LogP contribution is -2.21. The van der Waals surface area contributed by atoms with E-state index in [1.54, 1.807) is 48.5 Å². The van der Waals surface area contributed by atoms with Crippen LogP contribution in [0.5, 0.6) is 0 Å². The molecule has 5 N–H and O–H groups in total. The zero-order chi connectivity index (χ0) is 20.3. The number of hydrogen-bond acceptors (Lipinski definition) is 6. The number of nitrogens with two attached hydrogens (primary N) is 1. The van der Waals surface area contributed by atoms with Crippen molar-refractivity contribution in [3.05, 3.63) is 59.1 Å². The standard InChI is InChI=1S/C19H13ClN6O2/c20-11-4-5-15-13(7-11)14(19(27)28)8-16(24-15)10-2-1-3-12(6-10)25-26-17(9-21)18(22)23/h1-8,25H,(H3,22,23)(H,27,28)/b26-17+. The van der Waals surface area contributed by atoms with Crippen molar-refractivity contribution in [3.63, 3.8) is 0 Å². The first-order valence-electron chi connectivity index (χ1n) is 7.91. The number of anilines is 1. The molecule has 8 nitrogen and oxygen atoms in total. The van der Waals surface area contributed by atoms with Crippen molar-refractivity contribution >= 4 is 45.7 Å². The summed E-state index contributed by atoms with van der Waals surface area (Å²) in [4.78, 5) is 16.2. The van der Waals surface area contributed by atoms with Crippen molar-refractivity contribution in [1.82, 2.24) is 4.98 Å². The number of nitrogens with one attached hydrogen (secondary N) is 2. The number of aromatic nitrogens is 1. The van der Waals surface area contributed by atoms with Gasteiger partial charge >= 0.3 is 5.97 Å². The van der Waals surface area contributed by atoms with E-state index < -0.39 is 11.8 Å². The zero-order valence-electron chi connectivity index (χ0n) is 14.3. The second kappa shape index (κ2) is 7.73. The number of nitriles is 1. The van der Waals surface area contributed by atoms with Crippen LogP contribution in [0.15, 0.2) is 53.6 Å². The van der Waals surface area contributed by atoms with Gasteiger partial charge in [-0.15, -0.1) is 0 Å². The molecule has 1 aromatic heterocycles. The Morgan fingerprint density at radius 1 is 1.29 bits per heavy atom. The number of pyridine rings is 1. The third-order valence-corrected chi connectivity index (χ3v) is 4.05. The summed E-state index contributed by atoms with van der Waals surface area (Å²) in [6.45, 7) is 0. The maximum atomic E-state index is 11.7. The molecular weight excluding hydrogens is 380 g/mol. The number of carboxylic acid groups (broad SMARTS) is 1. The maximum Gasteiger partial charge on any atom is 0.336 e. The Kier molecular flexibility index (Phi) is 5.20. The molecule has 0 atom stereocenters. The van der Waals surface area contributed by atoms with E-state index >= 15 is 0 Å². The smallest absolute Gasteiger partial charge is 0.336 e. The average molecular weight is 393 g/mol. The fourth-order valence-corrected chi connectivity index (χ4v) is 2.71. The van der Waals surface area contributed by atoms with Crippen LogP contribution in [0, 0.1) is 16.7 Å². The Labute approximate surface area is 164 Å². The van der Waals surface area contributed by atoms with Crippen LogP contribution in [0.4, 0.5) is 5.69 Å². The molecule has 0 saturated heterocycles. The first-order valence-corrected chi connectivity index (χ1v) is 8.29. The summed E-state index contributed by atoms with van der Waals surface area (Å²) in [5, 5.41) is 30.4. The minimum absolute atomic E-state index is 0.0854. The van der Waals surface area contributed by atoms with Gasteiger partial charge in [-0.25, -0.2) is 9.78 Å².